The van der Waals surface area contributed by atoms with Crippen LogP contribution < -0.4 is 9.80 Å². The van der Waals surface area contributed by atoms with Crippen molar-refractivity contribution in [2.24, 2.45) is 0 Å². The van der Waals surface area contributed by atoms with Crippen LogP contribution in [0.15, 0.2) is 24.3 Å². The lowest BCUT2D eigenvalue weighted by molar-refractivity contribution is -0.107. The lowest BCUT2D eigenvalue weighted by Gasteiger charge is -2.31. The minimum Gasteiger partial charge on any atom is -0.370 e. The van der Waals surface area contributed by atoms with Gasteiger partial charge in [-0.05, 0) is 31.4 Å². The minimum atomic E-state index is 0. The molecule has 0 atom stereocenters. The number of hydrogen-bond donors (Lipinski definition) is 0. The van der Waals surface area contributed by atoms with Crippen molar-refractivity contribution in [2.75, 3.05) is 29.9 Å². The van der Waals surface area contributed by atoms with Crippen LogP contribution in [0.4, 0.5) is 11.4 Å². The van der Waals surface area contributed by atoms with Crippen LogP contribution >= 0.6 is 12.4 Å². The van der Waals surface area contributed by atoms with Gasteiger partial charge in [-0.2, -0.15) is 0 Å². The van der Waals surface area contributed by atoms with E-state index in [0.717, 1.165) is 25.2 Å². The van der Waals surface area contributed by atoms with Gasteiger partial charge < -0.3 is 9.80 Å². The Balaban J connectivity index is 0.00000144. The molecule has 1 saturated heterocycles. The van der Waals surface area contributed by atoms with Crippen molar-refractivity contribution in [1.29, 1.82) is 0 Å². The Morgan fingerprint density at radius 3 is 2.47 bits per heavy atom. The normalized spacial score (nSPS) is 15.0. The van der Waals surface area contributed by atoms with Gasteiger partial charge in [0, 0.05) is 20.1 Å². The third-order valence-electron chi connectivity index (χ3n) is 3.12. The molecular formula is C13H19ClN2O. The summed E-state index contributed by atoms with van der Waals surface area (Å²) in [6.07, 6.45) is 4.68. The fraction of sp³-hybridized carbons (Fsp3) is 0.462. The second kappa shape index (κ2) is 6.50. The summed E-state index contributed by atoms with van der Waals surface area (Å²) < 4.78 is 0. The molecule has 1 aromatic carbocycles. The summed E-state index contributed by atoms with van der Waals surface area (Å²) in [6.45, 7) is 2.20. The lowest BCUT2D eigenvalue weighted by Crippen LogP contribution is -2.31. The molecule has 0 bridgehead atoms. The second-order valence-electron chi connectivity index (χ2n) is 4.25. The number of rotatable bonds is 3. The van der Waals surface area contributed by atoms with E-state index in [1.165, 1.54) is 24.9 Å². The van der Waals surface area contributed by atoms with E-state index in [1.807, 2.05) is 18.2 Å². The van der Waals surface area contributed by atoms with Gasteiger partial charge in [-0.15, -0.1) is 12.4 Å². The summed E-state index contributed by atoms with van der Waals surface area (Å²) in [4.78, 5) is 14.9. The number of piperidine rings is 1. The number of anilines is 2. The molecule has 0 aromatic heterocycles. The zero-order valence-corrected chi connectivity index (χ0v) is 10.9. The van der Waals surface area contributed by atoms with E-state index in [1.54, 1.807) is 11.9 Å². The Labute approximate surface area is 109 Å². The Bertz CT molecular complexity index is 364. The number of hydrogen-bond acceptors (Lipinski definition) is 2. The maximum absolute atomic E-state index is 10.8. The highest BCUT2D eigenvalue weighted by atomic mass is 35.5. The highest BCUT2D eigenvalue weighted by Crippen LogP contribution is 2.29. The van der Waals surface area contributed by atoms with Gasteiger partial charge in [-0.25, -0.2) is 0 Å². The van der Waals surface area contributed by atoms with E-state index in [2.05, 4.69) is 11.0 Å². The topological polar surface area (TPSA) is 23.6 Å². The minimum absolute atomic E-state index is 0. The van der Waals surface area contributed by atoms with Gasteiger partial charge in [0.2, 0.25) is 6.41 Å². The number of para-hydroxylation sites is 2. The van der Waals surface area contributed by atoms with Crippen LogP contribution in [-0.4, -0.2) is 26.5 Å². The van der Waals surface area contributed by atoms with E-state index in [-0.39, 0.29) is 12.4 Å². The fourth-order valence-electron chi connectivity index (χ4n) is 2.22. The predicted molar refractivity (Wildman–Crippen MR) is 74.2 cm³/mol. The number of halogens is 1. The maximum Gasteiger partial charge on any atom is 0.213 e. The molecule has 1 heterocycles. The molecule has 4 heteroatoms. The van der Waals surface area contributed by atoms with Gasteiger partial charge in [0.05, 0.1) is 11.4 Å². The van der Waals surface area contributed by atoms with Gasteiger partial charge in [0.15, 0.2) is 0 Å². The molecule has 1 aliphatic heterocycles. The quantitative estimate of drug-likeness (QED) is 0.775. The number of carbonyl (C=O) groups is 1. The molecule has 0 spiro atoms. The second-order valence-corrected chi connectivity index (χ2v) is 4.25. The van der Waals surface area contributed by atoms with Crippen LogP contribution in [0.25, 0.3) is 0 Å². The maximum atomic E-state index is 10.8. The summed E-state index contributed by atoms with van der Waals surface area (Å²) >= 11 is 0. The first-order valence-electron chi connectivity index (χ1n) is 5.85. The largest absolute Gasteiger partial charge is 0.370 e. The van der Waals surface area contributed by atoms with E-state index in [9.17, 15) is 4.79 Å². The highest BCUT2D eigenvalue weighted by Gasteiger charge is 2.15. The number of nitrogens with zero attached hydrogens (tertiary/aromatic N) is 2. The van der Waals surface area contributed by atoms with Crippen LogP contribution in [0.3, 0.4) is 0 Å². The van der Waals surface area contributed by atoms with Gasteiger partial charge in [-0.3, -0.25) is 4.79 Å². The van der Waals surface area contributed by atoms with Crippen molar-refractivity contribution in [2.45, 2.75) is 19.3 Å². The van der Waals surface area contributed by atoms with E-state index in [0.29, 0.717) is 0 Å². The lowest BCUT2D eigenvalue weighted by atomic mass is 10.1. The summed E-state index contributed by atoms with van der Waals surface area (Å²) in [5, 5.41) is 0. The number of amides is 1. The Morgan fingerprint density at radius 1 is 1.18 bits per heavy atom. The first kappa shape index (κ1) is 13.8. The molecule has 0 aliphatic carbocycles. The summed E-state index contributed by atoms with van der Waals surface area (Å²) in [5.41, 5.74) is 2.18. The predicted octanol–water partition coefficient (Wildman–Crippen LogP) is 2.69. The van der Waals surface area contributed by atoms with E-state index in [4.69, 9.17) is 0 Å². The van der Waals surface area contributed by atoms with E-state index < -0.39 is 0 Å². The molecule has 0 N–H and O–H groups in total. The van der Waals surface area contributed by atoms with Crippen molar-refractivity contribution in [3.05, 3.63) is 24.3 Å². The molecule has 3 nitrogen and oxygen atoms in total. The third-order valence-corrected chi connectivity index (χ3v) is 3.12. The Kier molecular flexibility index (Phi) is 5.29. The summed E-state index contributed by atoms with van der Waals surface area (Å²) in [5.74, 6) is 0. The third kappa shape index (κ3) is 3.13. The summed E-state index contributed by atoms with van der Waals surface area (Å²) in [6, 6.07) is 8.11. The highest BCUT2D eigenvalue weighted by molar-refractivity contribution is 5.85. The van der Waals surface area contributed by atoms with Gasteiger partial charge in [0.25, 0.3) is 0 Å². The van der Waals surface area contributed by atoms with Crippen molar-refractivity contribution >= 4 is 30.2 Å². The van der Waals surface area contributed by atoms with Gasteiger partial charge in [0.1, 0.15) is 0 Å². The molecule has 0 unspecified atom stereocenters. The smallest absolute Gasteiger partial charge is 0.213 e. The average Bonchev–Trinajstić information content (AvgIpc) is 2.39. The monoisotopic (exact) mass is 254 g/mol. The van der Waals surface area contributed by atoms with Crippen molar-refractivity contribution in [3.8, 4) is 0 Å². The molecule has 1 aliphatic rings. The van der Waals surface area contributed by atoms with Crippen LogP contribution in [0.2, 0.25) is 0 Å². The van der Waals surface area contributed by atoms with Crippen molar-refractivity contribution < 1.29 is 4.79 Å². The number of benzene rings is 1. The fourth-order valence-corrected chi connectivity index (χ4v) is 2.22. The molecule has 17 heavy (non-hydrogen) atoms. The van der Waals surface area contributed by atoms with Crippen molar-refractivity contribution in [1.82, 2.24) is 0 Å². The molecule has 0 saturated carbocycles. The van der Waals surface area contributed by atoms with Crippen LogP contribution in [0.1, 0.15) is 19.3 Å². The van der Waals surface area contributed by atoms with Crippen molar-refractivity contribution in [3.63, 3.8) is 0 Å². The zero-order valence-electron chi connectivity index (χ0n) is 10.1. The molecule has 1 fully saturated rings. The molecule has 0 radical (unpaired) electrons. The first-order valence-corrected chi connectivity index (χ1v) is 5.85. The molecular weight excluding hydrogens is 236 g/mol. The first-order chi connectivity index (χ1) is 7.83. The Hall–Kier alpha value is -1.22. The zero-order chi connectivity index (χ0) is 11.4. The van der Waals surface area contributed by atoms with E-state index >= 15 is 0 Å². The Morgan fingerprint density at radius 2 is 1.82 bits per heavy atom. The molecule has 2 rings (SSSR count). The number of carbonyl (C=O) groups excluding carboxylic acids is 1. The van der Waals surface area contributed by atoms with Gasteiger partial charge >= 0.3 is 0 Å². The molecule has 94 valence electrons. The average molecular weight is 255 g/mol. The standard InChI is InChI=1S/C13H18N2O.ClH/c1-14(11-16)12-7-3-4-8-13(12)15-9-5-2-6-10-15;/h3-4,7-8,11H,2,5-6,9-10H2,1H3;1H. The van der Waals surface area contributed by atoms with Crippen LogP contribution in [-0.2, 0) is 4.79 Å². The molecule has 1 amide bonds. The van der Waals surface area contributed by atoms with Crippen LogP contribution in [0.5, 0.6) is 0 Å². The summed E-state index contributed by atoms with van der Waals surface area (Å²) in [7, 11) is 1.80. The SMILES string of the molecule is CN(C=O)c1ccccc1N1CCCCC1.Cl. The van der Waals surface area contributed by atoms with Gasteiger partial charge in [-0.1, -0.05) is 12.1 Å². The molecule has 1 aromatic rings. The van der Waals surface area contributed by atoms with Crippen LogP contribution in [0, 0.1) is 0 Å².